The second-order valence-corrected chi connectivity index (χ2v) is 5.82. The first-order chi connectivity index (χ1) is 12.3. The smallest absolute Gasteiger partial charge is 0.340 e. The number of hydrogen-bond acceptors (Lipinski definition) is 6. The van der Waals surface area contributed by atoms with Gasteiger partial charge in [-0.25, -0.2) is 9.59 Å². The highest BCUT2D eigenvalue weighted by Crippen LogP contribution is 2.22. The van der Waals surface area contributed by atoms with E-state index < -0.39 is 23.8 Å². The summed E-state index contributed by atoms with van der Waals surface area (Å²) in [5, 5.41) is 2.91. The average Bonchev–Trinajstić information content (AvgIpc) is 2.94. The molecule has 1 atom stereocenters. The Balaban J connectivity index is 2.23. The van der Waals surface area contributed by atoms with Gasteiger partial charge in [0, 0.05) is 18.4 Å². The van der Waals surface area contributed by atoms with Gasteiger partial charge in [0.2, 0.25) is 5.78 Å². The Bertz CT molecular complexity index is 854. The molecule has 0 amide bonds. The minimum atomic E-state index is -1.02. The van der Waals surface area contributed by atoms with Crippen LogP contribution in [-0.2, 0) is 9.47 Å². The van der Waals surface area contributed by atoms with Crippen LogP contribution in [0.4, 0.5) is 5.69 Å². The van der Waals surface area contributed by atoms with Crippen LogP contribution >= 0.6 is 0 Å². The van der Waals surface area contributed by atoms with E-state index in [4.69, 9.17) is 9.47 Å². The van der Waals surface area contributed by atoms with E-state index in [2.05, 4.69) is 10.3 Å². The van der Waals surface area contributed by atoms with Gasteiger partial charge in [-0.1, -0.05) is 12.1 Å². The summed E-state index contributed by atoms with van der Waals surface area (Å²) in [5.74, 6) is -1.55. The molecule has 0 radical (unpaired) electrons. The molecule has 0 aliphatic rings. The fraction of sp³-hybridized carbons (Fsp3) is 0.316. The van der Waals surface area contributed by atoms with Crippen molar-refractivity contribution >= 4 is 23.4 Å². The standard InChI is InChI=1S/C19H22N2O5/c1-10-15(19(24)25-5)11(2)21-16(10)17(22)12(3)26-18(23)13-8-6-7-9-14(13)20-4/h6-9,12,20-21H,1-5H3/t12-/m1/s1. The zero-order chi connectivity index (χ0) is 19.4. The number of methoxy groups -OCH3 is 1. The Morgan fingerprint density at radius 2 is 1.77 bits per heavy atom. The molecule has 1 aromatic carbocycles. The lowest BCUT2D eigenvalue weighted by Crippen LogP contribution is -2.25. The molecule has 0 aliphatic carbocycles. The maximum Gasteiger partial charge on any atom is 0.340 e. The maximum absolute atomic E-state index is 12.7. The van der Waals surface area contributed by atoms with E-state index in [9.17, 15) is 14.4 Å². The first-order valence-corrected chi connectivity index (χ1v) is 8.11. The van der Waals surface area contributed by atoms with Gasteiger partial charge in [-0.05, 0) is 38.5 Å². The monoisotopic (exact) mass is 358 g/mol. The number of esters is 2. The molecular formula is C19H22N2O5. The number of ketones is 1. The molecule has 7 heteroatoms. The normalized spacial score (nSPS) is 11.6. The van der Waals surface area contributed by atoms with Crippen LogP contribution < -0.4 is 5.32 Å². The molecule has 2 rings (SSSR count). The number of rotatable bonds is 6. The summed E-state index contributed by atoms with van der Waals surface area (Å²) >= 11 is 0. The summed E-state index contributed by atoms with van der Waals surface area (Å²) in [6.45, 7) is 4.82. The molecule has 2 N–H and O–H groups in total. The third-order valence-electron chi connectivity index (χ3n) is 4.14. The number of aromatic nitrogens is 1. The van der Waals surface area contributed by atoms with Crippen LogP contribution in [0.25, 0.3) is 0 Å². The maximum atomic E-state index is 12.7. The Hall–Kier alpha value is -3.09. The number of Topliss-reactive ketones (excluding diaryl/α,β-unsaturated/α-hetero) is 1. The van der Waals surface area contributed by atoms with Gasteiger partial charge in [0.05, 0.1) is 23.9 Å². The zero-order valence-corrected chi connectivity index (χ0v) is 15.4. The van der Waals surface area contributed by atoms with Crippen molar-refractivity contribution in [1.82, 2.24) is 4.98 Å². The van der Waals surface area contributed by atoms with Gasteiger partial charge in [-0.15, -0.1) is 0 Å². The number of anilines is 1. The largest absolute Gasteiger partial charge is 0.465 e. The minimum absolute atomic E-state index is 0.227. The van der Waals surface area contributed by atoms with Gasteiger partial charge in [-0.2, -0.15) is 0 Å². The van der Waals surface area contributed by atoms with E-state index in [-0.39, 0.29) is 5.69 Å². The third kappa shape index (κ3) is 3.61. The topological polar surface area (TPSA) is 97.5 Å². The number of nitrogens with one attached hydrogen (secondary N) is 2. The second kappa shape index (κ2) is 7.86. The van der Waals surface area contributed by atoms with Crippen LogP contribution in [-0.4, -0.2) is 43.0 Å². The highest BCUT2D eigenvalue weighted by molar-refractivity contribution is 6.05. The molecule has 0 saturated carbocycles. The van der Waals surface area contributed by atoms with Crippen molar-refractivity contribution in [3.8, 4) is 0 Å². The molecule has 0 fully saturated rings. The van der Waals surface area contributed by atoms with Gasteiger partial charge in [0.1, 0.15) is 0 Å². The summed E-state index contributed by atoms with van der Waals surface area (Å²) in [5.41, 5.74) is 2.48. The van der Waals surface area contributed by atoms with Crippen molar-refractivity contribution in [2.24, 2.45) is 0 Å². The van der Waals surface area contributed by atoms with E-state index in [0.717, 1.165) is 0 Å². The quantitative estimate of drug-likeness (QED) is 0.609. The van der Waals surface area contributed by atoms with Crippen LogP contribution in [0.1, 0.15) is 49.4 Å². The molecule has 7 nitrogen and oxygen atoms in total. The van der Waals surface area contributed by atoms with Crippen LogP contribution in [0.2, 0.25) is 0 Å². The number of hydrogen-bond donors (Lipinski definition) is 2. The fourth-order valence-corrected chi connectivity index (χ4v) is 2.76. The van der Waals surface area contributed by atoms with E-state index >= 15 is 0 Å². The number of para-hydroxylation sites is 1. The lowest BCUT2D eigenvalue weighted by atomic mass is 10.1. The Morgan fingerprint density at radius 1 is 1.12 bits per heavy atom. The van der Waals surface area contributed by atoms with Crippen LogP contribution in [0.3, 0.4) is 0 Å². The SMILES string of the molecule is CNc1ccccc1C(=O)O[C@H](C)C(=O)c1[nH]c(C)c(C(=O)OC)c1C. The van der Waals surface area contributed by atoms with E-state index in [1.165, 1.54) is 14.0 Å². The minimum Gasteiger partial charge on any atom is -0.465 e. The van der Waals surface area contributed by atoms with Crippen molar-refractivity contribution in [2.45, 2.75) is 26.9 Å². The van der Waals surface area contributed by atoms with E-state index in [0.29, 0.717) is 28.1 Å². The molecule has 2 aromatic rings. The summed E-state index contributed by atoms with van der Waals surface area (Å²) < 4.78 is 10.1. The highest BCUT2D eigenvalue weighted by Gasteiger charge is 2.28. The Labute approximate surface area is 151 Å². The first kappa shape index (κ1) is 19.2. The number of benzene rings is 1. The zero-order valence-electron chi connectivity index (χ0n) is 15.4. The summed E-state index contributed by atoms with van der Waals surface area (Å²) in [6, 6.07) is 6.86. The predicted molar refractivity (Wildman–Crippen MR) is 96.8 cm³/mol. The molecule has 138 valence electrons. The van der Waals surface area contributed by atoms with E-state index in [1.807, 2.05) is 0 Å². The Morgan fingerprint density at radius 3 is 2.38 bits per heavy atom. The van der Waals surface area contributed by atoms with Gasteiger partial charge in [0.25, 0.3) is 0 Å². The van der Waals surface area contributed by atoms with Crippen LogP contribution in [0.15, 0.2) is 24.3 Å². The molecule has 0 bridgehead atoms. The van der Waals surface area contributed by atoms with Gasteiger partial charge in [0.15, 0.2) is 6.10 Å². The number of aryl methyl sites for hydroxylation is 1. The van der Waals surface area contributed by atoms with Gasteiger partial charge < -0.3 is 19.8 Å². The third-order valence-corrected chi connectivity index (χ3v) is 4.14. The Kier molecular flexibility index (Phi) is 5.82. The summed E-state index contributed by atoms with van der Waals surface area (Å²) in [6.07, 6.45) is -1.02. The predicted octanol–water partition coefficient (Wildman–Crippen LogP) is 2.89. The lowest BCUT2D eigenvalue weighted by Gasteiger charge is -2.14. The lowest BCUT2D eigenvalue weighted by molar-refractivity contribution is 0.0317. The van der Waals surface area contributed by atoms with E-state index in [1.54, 1.807) is 45.2 Å². The molecule has 0 saturated heterocycles. The molecule has 1 aromatic heterocycles. The van der Waals surface area contributed by atoms with Crippen LogP contribution in [0, 0.1) is 13.8 Å². The molecule has 1 heterocycles. The number of carbonyl (C=O) groups is 3. The second-order valence-electron chi connectivity index (χ2n) is 5.82. The molecule has 0 spiro atoms. The first-order valence-electron chi connectivity index (χ1n) is 8.11. The number of ether oxygens (including phenoxy) is 2. The fourth-order valence-electron chi connectivity index (χ4n) is 2.76. The molecule has 0 aliphatic heterocycles. The molecule has 0 unspecified atom stereocenters. The number of aromatic amines is 1. The molecular weight excluding hydrogens is 336 g/mol. The van der Waals surface area contributed by atoms with Crippen molar-refractivity contribution in [3.05, 3.63) is 52.3 Å². The van der Waals surface area contributed by atoms with Crippen molar-refractivity contribution in [1.29, 1.82) is 0 Å². The van der Waals surface area contributed by atoms with Crippen molar-refractivity contribution in [2.75, 3.05) is 19.5 Å². The summed E-state index contributed by atoms with van der Waals surface area (Å²) in [4.78, 5) is 39.8. The van der Waals surface area contributed by atoms with Crippen LogP contribution in [0.5, 0.6) is 0 Å². The molecule has 26 heavy (non-hydrogen) atoms. The van der Waals surface area contributed by atoms with Gasteiger partial charge in [-0.3, -0.25) is 4.79 Å². The summed E-state index contributed by atoms with van der Waals surface area (Å²) in [7, 11) is 2.97. The number of carbonyl (C=O) groups excluding carboxylic acids is 3. The van der Waals surface area contributed by atoms with Crippen molar-refractivity contribution < 1.29 is 23.9 Å². The highest BCUT2D eigenvalue weighted by atomic mass is 16.5. The van der Waals surface area contributed by atoms with Crippen molar-refractivity contribution in [3.63, 3.8) is 0 Å². The van der Waals surface area contributed by atoms with Gasteiger partial charge >= 0.3 is 11.9 Å². The average molecular weight is 358 g/mol. The number of H-pyrrole nitrogens is 1.